The summed E-state index contributed by atoms with van der Waals surface area (Å²) < 4.78 is 15.9. The van der Waals surface area contributed by atoms with Gasteiger partial charge in [0.2, 0.25) is 0 Å². The highest BCUT2D eigenvalue weighted by molar-refractivity contribution is 5.79. The number of ether oxygens (including phenoxy) is 3. The zero-order chi connectivity index (χ0) is 18.5. The Morgan fingerprint density at radius 2 is 1.96 bits per heavy atom. The molecule has 1 aliphatic rings. The Balaban J connectivity index is 1.74. The number of nitrogens with zero attached hydrogens (tertiary/aromatic N) is 2. The predicted molar refractivity (Wildman–Crippen MR) is 105 cm³/mol. The largest absolute Gasteiger partial charge is 0.382 e. The van der Waals surface area contributed by atoms with Crippen LogP contribution in [0.4, 0.5) is 5.69 Å². The number of benzene rings is 1. The van der Waals surface area contributed by atoms with Crippen molar-refractivity contribution in [2.45, 2.75) is 13.0 Å². The van der Waals surface area contributed by atoms with Gasteiger partial charge >= 0.3 is 0 Å². The number of nitrogens with one attached hydrogen (secondary N) is 2. The Kier molecular flexibility index (Phi) is 9.86. The maximum atomic E-state index is 5.46. The van der Waals surface area contributed by atoms with Gasteiger partial charge in [0.1, 0.15) is 0 Å². The van der Waals surface area contributed by atoms with Crippen molar-refractivity contribution in [1.29, 1.82) is 0 Å². The smallest absolute Gasteiger partial charge is 0.191 e. The van der Waals surface area contributed by atoms with Gasteiger partial charge in [-0.05, 0) is 18.1 Å². The van der Waals surface area contributed by atoms with Crippen LogP contribution in [-0.2, 0) is 20.8 Å². The molecule has 2 N–H and O–H groups in total. The highest BCUT2D eigenvalue weighted by Gasteiger charge is 2.14. The fourth-order valence-electron chi connectivity index (χ4n) is 2.80. The molecular weight excluding hydrogens is 332 g/mol. The molecule has 0 atom stereocenters. The SMILES string of the molecule is CN=C(NCCCOCCOC)NCc1ccccc1N1CCOCC1. The minimum Gasteiger partial charge on any atom is -0.382 e. The van der Waals surface area contributed by atoms with Gasteiger partial charge < -0.3 is 29.7 Å². The van der Waals surface area contributed by atoms with E-state index in [4.69, 9.17) is 14.2 Å². The molecule has 26 heavy (non-hydrogen) atoms. The molecule has 7 heteroatoms. The Morgan fingerprint density at radius 1 is 1.15 bits per heavy atom. The van der Waals surface area contributed by atoms with Crippen molar-refractivity contribution in [3.63, 3.8) is 0 Å². The van der Waals surface area contributed by atoms with Crippen LogP contribution in [0.2, 0.25) is 0 Å². The first kappa shape index (κ1) is 20.5. The van der Waals surface area contributed by atoms with Gasteiger partial charge in [-0.1, -0.05) is 18.2 Å². The molecule has 0 radical (unpaired) electrons. The minimum absolute atomic E-state index is 0.638. The van der Waals surface area contributed by atoms with Crippen LogP contribution < -0.4 is 15.5 Å². The number of aliphatic imine (C=N–C) groups is 1. The molecule has 7 nitrogen and oxygen atoms in total. The number of guanidine groups is 1. The van der Waals surface area contributed by atoms with E-state index >= 15 is 0 Å². The Labute approximate surface area is 156 Å². The summed E-state index contributed by atoms with van der Waals surface area (Å²) in [6.45, 7) is 7.00. The quantitative estimate of drug-likeness (QED) is 0.370. The average Bonchev–Trinajstić information content (AvgIpc) is 2.70. The Hall–Kier alpha value is -1.83. The highest BCUT2D eigenvalue weighted by atomic mass is 16.5. The Morgan fingerprint density at radius 3 is 2.73 bits per heavy atom. The molecule has 0 saturated carbocycles. The summed E-state index contributed by atoms with van der Waals surface area (Å²) in [7, 11) is 3.47. The molecular formula is C19H32N4O3. The van der Waals surface area contributed by atoms with E-state index in [2.05, 4.69) is 44.8 Å². The number of hydrogen-bond acceptors (Lipinski definition) is 5. The normalized spacial score (nSPS) is 15.2. The van der Waals surface area contributed by atoms with Gasteiger partial charge in [0.25, 0.3) is 0 Å². The van der Waals surface area contributed by atoms with E-state index in [1.54, 1.807) is 14.2 Å². The van der Waals surface area contributed by atoms with Crippen molar-refractivity contribution in [1.82, 2.24) is 10.6 Å². The number of rotatable bonds is 10. The summed E-state index contributed by atoms with van der Waals surface area (Å²) in [5, 5.41) is 6.72. The van der Waals surface area contributed by atoms with E-state index in [1.165, 1.54) is 11.3 Å². The fraction of sp³-hybridized carbons (Fsp3) is 0.632. The molecule has 0 spiro atoms. The molecule has 0 unspecified atom stereocenters. The fourth-order valence-corrected chi connectivity index (χ4v) is 2.80. The van der Waals surface area contributed by atoms with Crippen molar-refractivity contribution in [2.24, 2.45) is 4.99 Å². The van der Waals surface area contributed by atoms with Crippen LogP contribution in [0.15, 0.2) is 29.3 Å². The topological polar surface area (TPSA) is 67.4 Å². The number of methoxy groups -OCH3 is 1. The molecule has 0 bridgehead atoms. The first-order valence-electron chi connectivity index (χ1n) is 9.27. The summed E-state index contributed by atoms with van der Waals surface area (Å²) in [5.41, 5.74) is 2.53. The van der Waals surface area contributed by atoms with Crippen LogP contribution in [0, 0.1) is 0 Å². The van der Waals surface area contributed by atoms with Crippen LogP contribution in [-0.4, -0.2) is 72.8 Å². The third-order valence-corrected chi connectivity index (χ3v) is 4.20. The number of morpholine rings is 1. The maximum absolute atomic E-state index is 5.46. The number of anilines is 1. The van der Waals surface area contributed by atoms with E-state index in [0.29, 0.717) is 19.8 Å². The number of para-hydroxylation sites is 1. The zero-order valence-electron chi connectivity index (χ0n) is 16.0. The lowest BCUT2D eigenvalue weighted by atomic mass is 10.1. The second-order valence-electron chi connectivity index (χ2n) is 6.04. The molecule has 0 aromatic heterocycles. The van der Waals surface area contributed by atoms with Crippen LogP contribution in [0.5, 0.6) is 0 Å². The van der Waals surface area contributed by atoms with E-state index in [0.717, 1.165) is 51.8 Å². The molecule has 1 aromatic rings. The third kappa shape index (κ3) is 7.19. The third-order valence-electron chi connectivity index (χ3n) is 4.20. The van der Waals surface area contributed by atoms with Crippen molar-refractivity contribution < 1.29 is 14.2 Å². The molecule has 0 aliphatic carbocycles. The van der Waals surface area contributed by atoms with Crippen LogP contribution in [0.25, 0.3) is 0 Å². The van der Waals surface area contributed by atoms with Gasteiger partial charge in [-0.15, -0.1) is 0 Å². The summed E-state index contributed by atoms with van der Waals surface area (Å²) in [4.78, 5) is 6.68. The second-order valence-corrected chi connectivity index (χ2v) is 6.04. The first-order valence-corrected chi connectivity index (χ1v) is 9.27. The standard InChI is InChI=1S/C19H32N4O3/c1-20-19(21-8-5-11-25-15-14-24-2)22-16-17-6-3-4-7-18(17)23-9-12-26-13-10-23/h3-4,6-7H,5,8-16H2,1-2H3,(H2,20,21,22). The number of hydrogen-bond donors (Lipinski definition) is 2. The van der Waals surface area contributed by atoms with Crippen molar-refractivity contribution in [3.05, 3.63) is 29.8 Å². The highest BCUT2D eigenvalue weighted by Crippen LogP contribution is 2.21. The van der Waals surface area contributed by atoms with E-state index in [9.17, 15) is 0 Å². The molecule has 146 valence electrons. The van der Waals surface area contributed by atoms with E-state index < -0.39 is 0 Å². The van der Waals surface area contributed by atoms with Gasteiger partial charge in [0.15, 0.2) is 5.96 Å². The van der Waals surface area contributed by atoms with Crippen molar-refractivity contribution in [3.8, 4) is 0 Å². The molecule has 2 rings (SSSR count). The van der Waals surface area contributed by atoms with Gasteiger partial charge in [-0.2, -0.15) is 0 Å². The lowest BCUT2D eigenvalue weighted by Crippen LogP contribution is -2.39. The predicted octanol–water partition coefficient (Wildman–Crippen LogP) is 1.24. The van der Waals surface area contributed by atoms with Gasteiger partial charge in [-0.25, -0.2) is 0 Å². The lowest BCUT2D eigenvalue weighted by molar-refractivity contribution is 0.0698. The molecule has 1 heterocycles. The Bertz CT molecular complexity index is 533. The van der Waals surface area contributed by atoms with Crippen LogP contribution in [0.1, 0.15) is 12.0 Å². The van der Waals surface area contributed by atoms with Crippen molar-refractivity contribution >= 4 is 11.6 Å². The minimum atomic E-state index is 0.638. The van der Waals surface area contributed by atoms with E-state index in [1.807, 2.05) is 0 Å². The monoisotopic (exact) mass is 364 g/mol. The van der Waals surface area contributed by atoms with Crippen LogP contribution in [0.3, 0.4) is 0 Å². The first-order chi connectivity index (χ1) is 12.8. The average molecular weight is 364 g/mol. The summed E-state index contributed by atoms with van der Waals surface area (Å²) in [5.74, 6) is 0.804. The van der Waals surface area contributed by atoms with Crippen LogP contribution >= 0.6 is 0 Å². The summed E-state index contributed by atoms with van der Waals surface area (Å²) in [6.07, 6.45) is 0.925. The molecule has 1 aliphatic heterocycles. The van der Waals surface area contributed by atoms with Crippen molar-refractivity contribution in [2.75, 3.05) is 71.7 Å². The summed E-state index contributed by atoms with van der Waals surface area (Å²) in [6, 6.07) is 8.50. The molecule has 1 saturated heterocycles. The molecule has 1 fully saturated rings. The summed E-state index contributed by atoms with van der Waals surface area (Å²) >= 11 is 0. The van der Waals surface area contributed by atoms with Gasteiger partial charge in [0.05, 0.1) is 26.4 Å². The van der Waals surface area contributed by atoms with Gasteiger partial charge in [-0.3, -0.25) is 4.99 Å². The maximum Gasteiger partial charge on any atom is 0.191 e. The van der Waals surface area contributed by atoms with E-state index in [-0.39, 0.29) is 0 Å². The molecule has 0 amide bonds. The lowest BCUT2D eigenvalue weighted by Gasteiger charge is -2.30. The zero-order valence-corrected chi connectivity index (χ0v) is 16.0. The second kappa shape index (κ2) is 12.5. The molecule has 1 aromatic carbocycles. The van der Waals surface area contributed by atoms with Gasteiger partial charge in [0, 0.05) is 52.6 Å².